The van der Waals surface area contributed by atoms with Gasteiger partial charge in [0.2, 0.25) is 0 Å². The van der Waals surface area contributed by atoms with Crippen LogP contribution in [0.2, 0.25) is 0 Å². The van der Waals surface area contributed by atoms with Crippen molar-refractivity contribution in [2.45, 2.75) is 9.79 Å². The normalized spacial score (nSPS) is 12.3. The number of fused-ring (bicyclic) bond motifs is 2. The van der Waals surface area contributed by atoms with Crippen LogP contribution in [0.4, 0.5) is 0 Å². The van der Waals surface area contributed by atoms with E-state index >= 15 is 0 Å². The molecule has 0 saturated carbocycles. The number of para-hydroxylation sites is 1. The fraction of sp³-hybridized carbons (Fsp3) is 0. The molecule has 0 aliphatic heterocycles. The van der Waals surface area contributed by atoms with E-state index in [1.54, 1.807) is 0 Å². The van der Waals surface area contributed by atoms with Crippen molar-refractivity contribution >= 4 is 71.9 Å². The summed E-state index contributed by atoms with van der Waals surface area (Å²) in [7, 11) is -8.85. The second-order valence-electron chi connectivity index (χ2n) is 4.45. The molecule has 3 aromatic rings. The summed E-state index contributed by atoms with van der Waals surface area (Å²) in [4.78, 5) is 7.46. The van der Waals surface area contributed by atoms with Gasteiger partial charge in [-0.25, -0.2) is 9.97 Å². The maximum absolute atomic E-state index is 11.3. The predicted molar refractivity (Wildman–Crippen MR) is 83.8 cm³/mol. The fourth-order valence-corrected chi connectivity index (χ4v) is 3.17. The van der Waals surface area contributed by atoms with Crippen LogP contribution in [0.15, 0.2) is 46.2 Å². The summed E-state index contributed by atoms with van der Waals surface area (Å²) >= 11 is 0. The molecule has 0 bridgehead atoms. The molecule has 0 spiro atoms. The average Bonchev–Trinajstić information content (AvgIpc) is 2.41. The SMILES string of the molecule is O=S(=O)(O)c1ccc2nc3c(S(=O)(=O)O)cccc3nc2c1.[NaH]. The Morgan fingerprint density at radius 1 is 0.783 bits per heavy atom. The van der Waals surface area contributed by atoms with Gasteiger partial charge in [-0.05, 0) is 30.3 Å². The number of rotatable bonds is 2. The van der Waals surface area contributed by atoms with Gasteiger partial charge in [0.25, 0.3) is 20.2 Å². The predicted octanol–water partition coefficient (Wildman–Crippen LogP) is 0.628. The molecule has 0 aliphatic rings. The molecule has 0 fully saturated rings. The first-order valence-corrected chi connectivity index (χ1v) is 8.70. The summed E-state index contributed by atoms with van der Waals surface area (Å²) in [6.45, 7) is 0. The Morgan fingerprint density at radius 3 is 2.09 bits per heavy atom. The van der Waals surface area contributed by atoms with Crippen molar-refractivity contribution in [2.24, 2.45) is 0 Å². The van der Waals surface area contributed by atoms with Crippen LogP contribution in [-0.4, -0.2) is 65.5 Å². The standard InChI is InChI=1S/C12H8N2O6S2.Na.H/c15-21(16,17)7-4-5-8-10(6-7)13-9-2-1-3-11(12(9)14-8)22(18,19)20;;/h1-6H,(H,15,16,17)(H,18,19,20);;. The van der Waals surface area contributed by atoms with Crippen LogP contribution >= 0.6 is 0 Å². The van der Waals surface area contributed by atoms with Crippen LogP contribution in [-0.2, 0) is 20.2 Å². The Morgan fingerprint density at radius 2 is 1.48 bits per heavy atom. The molecule has 23 heavy (non-hydrogen) atoms. The fourth-order valence-electron chi connectivity index (χ4n) is 2.02. The summed E-state index contributed by atoms with van der Waals surface area (Å²) in [5.74, 6) is 0. The molecule has 11 heteroatoms. The Labute approximate surface area is 153 Å². The molecular weight excluding hydrogens is 355 g/mol. The van der Waals surface area contributed by atoms with Crippen LogP contribution in [0.1, 0.15) is 0 Å². The monoisotopic (exact) mass is 364 g/mol. The molecule has 0 radical (unpaired) electrons. The zero-order valence-electron chi connectivity index (χ0n) is 10.7. The summed E-state index contributed by atoms with van der Waals surface area (Å²) in [6.07, 6.45) is 0. The van der Waals surface area contributed by atoms with Crippen molar-refractivity contribution in [2.75, 3.05) is 0 Å². The van der Waals surface area contributed by atoms with Crippen molar-refractivity contribution in [1.82, 2.24) is 9.97 Å². The van der Waals surface area contributed by atoms with Gasteiger partial charge in [0.05, 0.1) is 21.4 Å². The number of hydrogen-bond donors (Lipinski definition) is 2. The molecule has 1 aromatic heterocycles. The van der Waals surface area contributed by atoms with Crippen molar-refractivity contribution in [3.05, 3.63) is 36.4 Å². The number of nitrogens with zero attached hydrogens (tertiary/aromatic N) is 2. The van der Waals surface area contributed by atoms with Gasteiger partial charge >= 0.3 is 29.6 Å². The van der Waals surface area contributed by atoms with Gasteiger partial charge in [-0.3, -0.25) is 9.11 Å². The summed E-state index contributed by atoms with van der Waals surface area (Å²) in [5.41, 5.74) is 0.512. The van der Waals surface area contributed by atoms with Crippen LogP contribution in [0.5, 0.6) is 0 Å². The van der Waals surface area contributed by atoms with Crippen molar-refractivity contribution in [3.63, 3.8) is 0 Å². The third-order valence-corrected chi connectivity index (χ3v) is 4.71. The van der Waals surface area contributed by atoms with E-state index in [4.69, 9.17) is 4.55 Å². The number of benzene rings is 2. The van der Waals surface area contributed by atoms with E-state index in [1.807, 2.05) is 0 Å². The zero-order valence-corrected chi connectivity index (χ0v) is 12.3. The van der Waals surface area contributed by atoms with Gasteiger partial charge in [0, 0.05) is 0 Å². The molecule has 0 aliphatic carbocycles. The Bertz CT molecular complexity index is 1130. The quantitative estimate of drug-likeness (QED) is 0.384. The molecule has 0 saturated heterocycles. The number of hydrogen-bond acceptors (Lipinski definition) is 6. The molecule has 1 heterocycles. The summed E-state index contributed by atoms with van der Waals surface area (Å²) < 4.78 is 63.2. The van der Waals surface area contributed by atoms with E-state index in [2.05, 4.69) is 9.97 Å². The van der Waals surface area contributed by atoms with Gasteiger partial charge < -0.3 is 0 Å². The average molecular weight is 364 g/mol. The molecule has 8 nitrogen and oxygen atoms in total. The van der Waals surface area contributed by atoms with Gasteiger partial charge in [0.1, 0.15) is 10.4 Å². The van der Waals surface area contributed by atoms with Crippen LogP contribution < -0.4 is 0 Å². The first kappa shape index (κ1) is 18.2. The topological polar surface area (TPSA) is 135 Å². The summed E-state index contributed by atoms with van der Waals surface area (Å²) in [6, 6.07) is 7.55. The Hall–Kier alpha value is -1.14. The molecule has 0 unspecified atom stereocenters. The Balaban J connectivity index is 0.00000192. The van der Waals surface area contributed by atoms with E-state index in [9.17, 15) is 21.4 Å². The Kier molecular flexibility index (Phi) is 4.79. The molecule has 2 N–H and O–H groups in total. The molecule has 116 valence electrons. The molecule has 0 atom stereocenters. The van der Waals surface area contributed by atoms with E-state index in [0.717, 1.165) is 12.1 Å². The minimum atomic E-state index is -4.47. The van der Waals surface area contributed by atoms with Crippen LogP contribution in [0, 0.1) is 0 Å². The van der Waals surface area contributed by atoms with E-state index in [-0.39, 0.29) is 56.5 Å². The summed E-state index contributed by atoms with van der Waals surface area (Å²) in [5, 5.41) is 0. The van der Waals surface area contributed by atoms with Gasteiger partial charge in [-0.2, -0.15) is 16.8 Å². The minimum absolute atomic E-state index is 0. The van der Waals surface area contributed by atoms with Gasteiger partial charge in [0.15, 0.2) is 0 Å². The zero-order chi connectivity index (χ0) is 16.1. The van der Waals surface area contributed by atoms with Gasteiger partial charge in [-0.15, -0.1) is 0 Å². The van der Waals surface area contributed by atoms with Crippen molar-refractivity contribution in [3.8, 4) is 0 Å². The molecule has 2 aromatic carbocycles. The van der Waals surface area contributed by atoms with E-state index < -0.39 is 25.1 Å². The third kappa shape index (κ3) is 3.53. The van der Waals surface area contributed by atoms with E-state index in [0.29, 0.717) is 0 Å². The van der Waals surface area contributed by atoms with Crippen molar-refractivity contribution in [1.29, 1.82) is 0 Å². The van der Waals surface area contributed by atoms with Crippen molar-refractivity contribution < 1.29 is 25.9 Å². The second-order valence-corrected chi connectivity index (χ2v) is 7.26. The van der Waals surface area contributed by atoms with Gasteiger partial charge in [-0.1, -0.05) is 6.07 Å². The van der Waals surface area contributed by atoms with E-state index in [1.165, 1.54) is 24.3 Å². The maximum atomic E-state index is 11.3. The molecular formula is C12H9N2NaO6S2. The number of aromatic nitrogens is 2. The molecule has 3 rings (SSSR count). The first-order valence-electron chi connectivity index (χ1n) is 5.82. The molecule has 0 amide bonds. The second kappa shape index (κ2) is 6.06. The third-order valence-electron chi connectivity index (χ3n) is 2.97. The van der Waals surface area contributed by atoms with Crippen LogP contribution in [0.3, 0.4) is 0 Å². The first-order chi connectivity index (χ1) is 10.2. The van der Waals surface area contributed by atoms with Crippen LogP contribution in [0.25, 0.3) is 22.1 Å².